The Kier molecular flexibility index (Phi) is 6.20. The van der Waals surface area contributed by atoms with Gasteiger partial charge in [-0.05, 0) is 68.1 Å². The van der Waals surface area contributed by atoms with Crippen molar-refractivity contribution in [3.8, 4) is 0 Å². The number of carbonyl (C=O) groups excluding carboxylic acids is 2. The highest BCUT2D eigenvalue weighted by molar-refractivity contribution is 7.92. The molecule has 1 aliphatic carbocycles. The van der Waals surface area contributed by atoms with E-state index in [1.807, 2.05) is 0 Å². The number of likely N-dealkylation sites (tertiary alicyclic amines) is 1. The highest BCUT2D eigenvalue weighted by Gasteiger charge is 2.32. The lowest BCUT2D eigenvalue weighted by Gasteiger charge is -2.32. The van der Waals surface area contributed by atoms with Crippen molar-refractivity contribution < 1.29 is 18.0 Å². The molecule has 2 aromatic rings. The lowest BCUT2D eigenvalue weighted by atomic mass is 9.96. The molecule has 2 aliphatic rings. The molecule has 2 N–H and O–H groups in total. The SMILES string of the molecule is O=C(NC1CC1)C1CCCN(C(=O)c2cccc(NS(=O)(=O)c3ccc(Cl)cc3)c2)C1. The maximum absolute atomic E-state index is 13.0. The van der Waals surface area contributed by atoms with Gasteiger partial charge in [0.25, 0.3) is 15.9 Å². The zero-order valence-corrected chi connectivity index (χ0v) is 18.5. The van der Waals surface area contributed by atoms with Gasteiger partial charge in [-0.1, -0.05) is 17.7 Å². The normalized spacial score (nSPS) is 19.0. The van der Waals surface area contributed by atoms with Crippen LogP contribution >= 0.6 is 11.6 Å². The number of hydrogen-bond donors (Lipinski definition) is 2. The zero-order valence-electron chi connectivity index (χ0n) is 16.9. The molecule has 1 saturated heterocycles. The fraction of sp³-hybridized carbons (Fsp3) is 0.364. The predicted octanol–water partition coefficient (Wildman–Crippen LogP) is 3.27. The molecule has 1 heterocycles. The Labute approximate surface area is 186 Å². The van der Waals surface area contributed by atoms with Gasteiger partial charge in [0, 0.05) is 35.4 Å². The van der Waals surface area contributed by atoms with Gasteiger partial charge in [0.15, 0.2) is 0 Å². The smallest absolute Gasteiger partial charge is 0.261 e. The topological polar surface area (TPSA) is 95.6 Å². The van der Waals surface area contributed by atoms with Crippen LogP contribution in [-0.4, -0.2) is 44.3 Å². The van der Waals surface area contributed by atoms with Gasteiger partial charge in [0.05, 0.1) is 10.8 Å². The molecule has 31 heavy (non-hydrogen) atoms. The Balaban J connectivity index is 1.45. The van der Waals surface area contributed by atoms with E-state index in [1.54, 1.807) is 23.1 Å². The van der Waals surface area contributed by atoms with E-state index in [-0.39, 0.29) is 22.6 Å². The molecule has 1 atom stereocenters. The Morgan fingerprint density at radius 1 is 1.03 bits per heavy atom. The summed E-state index contributed by atoms with van der Waals surface area (Å²) in [5.74, 6) is -0.397. The molecule has 2 fully saturated rings. The van der Waals surface area contributed by atoms with E-state index < -0.39 is 10.0 Å². The Hall–Kier alpha value is -2.58. The van der Waals surface area contributed by atoms with Crippen LogP contribution in [0.15, 0.2) is 53.4 Å². The Morgan fingerprint density at radius 2 is 1.77 bits per heavy atom. The Bertz CT molecular complexity index is 1080. The van der Waals surface area contributed by atoms with Gasteiger partial charge in [-0.3, -0.25) is 14.3 Å². The molecule has 164 valence electrons. The molecular weight excluding hydrogens is 438 g/mol. The van der Waals surface area contributed by atoms with Crippen molar-refractivity contribution in [3.05, 3.63) is 59.1 Å². The third-order valence-electron chi connectivity index (χ3n) is 5.49. The number of carbonyl (C=O) groups is 2. The molecule has 2 aromatic carbocycles. The summed E-state index contributed by atoms with van der Waals surface area (Å²) in [4.78, 5) is 27.2. The van der Waals surface area contributed by atoms with E-state index in [0.29, 0.717) is 35.4 Å². The van der Waals surface area contributed by atoms with E-state index in [1.165, 1.54) is 30.3 Å². The van der Waals surface area contributed by atoms with E-state index in [9.17, 15) is 18.0 Å². The summed E-state index contributed by atoms with van der Waals surface area (Å²) in [5, 5.41) is 3.46. The van der Waals surface area contributed by atoms with Crippen molar-refractivity contribution in [1.82, 2.24) is 10.2 Å². The van der Waals surface area contributed by atoms with Crippen LogP contribution in [0.3, 0.4) is 0 Å². The van der Waals surface area contributed by atoms with Crippen LogP contribution in [0.4, 0.5) is 5.69 Å². The van der Waals surface area contributed by atoms with Crippen molar-refractivity contribution >= 4 is 39.1 Å². The summed E-state index contributed by atoms with van der Waals surface area (Å²) >= 11 is 5.83. The molecule has 1 unspecified atom stereocenters. The fourth-order valence-corrected chi connectivity index (χ4v) is 4.82. The van der Waals surface area contributed by atoms with Crippen molar-refractivity contribution in [3.63, 3.8) is 0 Å². The van der Waals surface area contributed by atoms with Crippen molar-refractivity contribution in [2.24, 2.45) is 5.92 Å². The standard InChI is InChI=1S/C22H24ClN3O4S/c23-17-6-10-20(11-7-17)31(29,30)25-19-5-1-3-15(13-19)22(28)26-12-2-4-16(14-26)21(27)24-18-8-9-18/h1,3,5-7,10-11,13,16,18,25H,2,4,8-9,12,14H2,(H,24,27). The predicted molar refractivity (Wildman–Crippen MR) is 118 cm³/mol. The second-order valence-electron chi connectivity index (χ2n) is 8.01. The van der Waals surface area contributed by atoms with Crippen molar-refractivity contribution in [2.45, 2.75) is 36.6 Å². The average molecular weight is 462 g/mol. The highest BCUT2D eigenvalue weighted by atomic mass is 35.5. The molecule has 0 bridgehead atoms. The number of rotatable bonds is 6. The number of benzene rings is 2. The third kappa shape index (κ3) is 5.37. The lowest BCUT2D eigenvalue weighted by molar-refractivity contribution is -0.126. The van der Waals surface area contributed by atoms with Gasteiger partial charge >= 0.3 is 0 Å². The van der Waals surface area contributed by atoms with Crippen LogP contribution in [0.5, 0.6) is 0 Å². The van der Waals surface area contributed by atoms with Gasteiger partial charge in [-0.25, -0.2) is 8.42 Å². The number of amides is 2. The maximum Gasteiger partial charge on any atom is 0.261 e. The van der Waals surface area contributed by atoms with Crippen LogP contribution in [0.2, 0.25) is 5.02 Å². The van der Waals surface area contributed by atoms with Crippen molar-refractivity contribution in [1.29, 1.82) is 0 Å². The summed E-state index contributed by atoms with van der Waals surface area (Å²) in [6.07, 6.45) is 3.58. The van der Waals surface area contributed by atoms with Crippen LogP contribution in [-0.2, 0) is 14.8 Å². The average Bonchev–Trinajstić information content (AvgIpc) is 3.57. The summed E-state index contributed by atoms with van der Waals surface area (Å²) < 4.78 is 27.7. The third-order valence-corrected chi connectivity index (χ3v) is 7.14. The van der Waals surface area contributed by atoms with Gasteiger partial charge < -0.3 is 10.2 Å². The molecule has 0 radical (unpaired) electrons. The first kappa shape index (κ1) is 21.6. The number of piperidine rings is 1. The van der Waals surface area contributed by atoms with Gasteiger partial charge in [-0.2, -0.15) is 0 Å². The number of halogens is 1. The largest absolute Gasteiger partial charge is 0.353 e. The number of anilines is 1. The molecule has 7 nitrogen and oxygen atoms in total. The first-order valence-corrected chi connectivity index (χ1v) is 12.2. The minimum absolute atomic E-state index is 0.0180. The molecule has 9 heteroatoms. The number of nitrogens with zero attached hydrogens (tertiary/aromatic N) is 1. The lowest BCUT2D eigenvalue weighted by Crippen LogP contribution is -2.45. The highest BCUT2D eigenvalue weighted by Crippen LogP contribution is 2.24. The summed E-state index contributed by atoms with van der Waals surface area (Å²) in [5.41, 5.74) is 0.667. The van der Waals surface area contributed by atoms with Crippen molar-refractivity contribution in [2.75, 3.05) is 17.8 Å². The van der Waals surface area contributed by atoms with Gasteiger partial charge in [0.1, 0.15) is 0 Å². The summed E-state index contributed by atoms with van der Waals surface area (Å²) in [7, 11) is -3.81. The zero-order chi connectivity index (χ0) is 22.0. The molecule has 4 rings (SSSR count). The second kappa shape index (κ2) is 8.88. The number of sulfonamides is 1. The summed E-state index contributed by atoms with van der Waals surface area (Å²) in [6, 6.07) is 12.5. The fourth-order valence-electron chi connectivity index (χ4n) is 3.65. The first-order chi connectivity index (χ1) is 14.8. The molecule has 1 saturated carbocycles. The molecule has 2 amide bonds. The number of hydrogen-bond acceptors (Lipinski definition) is 4. The van der Waals surface area contributed by atoms with Gasteiger partial charge in [-0.15, -0.1) is 0 Å². The van der Waals surface area contributed by atoms with Crippen LogP contribution in [0.1, 0.15) is 36.0 Å². The van der Waals surface area contributed by atoms with E-state index in [0.717, 1.165) is 25.7 Å². The molecular formula is C22H24ClN3O4S. The van der Waals surface area contributed by atoms with Crippen LogP contribution in [0.25, 0.3) is 0 Å². The second-order valence-corrected chi connectivity index (χ2v) is 10.1. The first-order valence-electron chi connectivity index (χ1n) is 10.3. The Morgan fingerprint density at radius 3 is 2.48 bits per heavy atom. The van der Waals surface area contributed by atoms with Crippen LogP contribution < -0.4 is 10.0 Å². The monoisotopic (exact) mass is 461 g/mol. The van der Waals surface area contributed by atoms with E-state index >= 15 is 0 Å². The maximum atomic E-state index is 13.0. The molecule has 0 spiro atoms. The molecule has 1 aliphatic heterocycles. The minimum Gasteiger partial charge on any atom is -0.353 e. The summed E-state index contributed by atoms with van der Waals surface area (Å²) in [6.45, 7) is 0.949. The molecule has 0 aromatic heterocycles. The van der Waals surface area contributed by atoms with Crippen LogP contribution in [0, 0.1) is 5.92 Å². The van der Waals surface area contributed by atoms with E-state index in [2.05, 4.69) is 10.0 Å². The minimum atomic E-state index is -3.81. The quantitative estimate of drug-likeness (QED) is 0.690. The number of nitrogens with one attached hydrogen (secondary N) is 2. The van der Waals surface area contributed by atoms with E-state index in [4.69, 9.17) is 11.6 Å². The van der Waals surface area contributed by atoms with Gasteiger partial charge in [0.2, 0.25) is 5.91 Å².